The zero-order valence-electron chi connectivity index (χ0n) is 16.9. The Morgan fingerprint density at radius 3 is 2.41 bits per heavy atom. The Morgan fingerprint density at radius 1 is 1.03 bits per heavy atom. The third-order valence-electron chi connectivity index (χ3n) is 5.02. The highest BCUT2D eigenvalue weighted by Gasteiger charge is 2.20. The monoisotopic (exact) mass is 410 g/mol. The molecule has 0 bridgehead atoms. The lowest BCUT2D eigenvalue weighted by molar-refractivity contribution is 0.187. The number of ether oxygens (including phenoxy) is 2. The Balaban J connectivity index is 1.53. The maximum atomic E-state index is 5.80. The molecular formula is C22H26N4O2S. The number of hydrogen-bond donors (Lipinski definition) is 1. The summed E-state index contributed by atoms with van der Waals surface area (Å²) in [5, 5.41) is 3.34. The van der Waals surface area contributed by atoms with E-state index in [9.17, 15) is 0 Å². The molecule has 7 heteroatoms. The van der Waals surface area contributed by atoms with Crippen LogP contribution >= 0.6 is 12.2 Å². The first-order chi connectivity index (χ1) is 14.2. The summed E-state index contributed by atoms with van der Waals surface area (Å²) in [6, 6.07) is 14.3. The Kier molecular flexibility index (Phi) is 5.97. The maximum Gasteiger partial charge on any atom is 0.217 e. The highest BCUT2D eigenvalue weighted by Crippen LogP contribution is 2.34. The average molecular weight is 411 g/mol. The molecule has 0 spiro atoms. The largest absolute Gasteiger partial charge is 0.490 e. The van der Waals surface area contributed by atoms with Gasteiger partial charge in [0.25, 0.3) is 0 Å². The van der Waals surface area contributed by atoms with E-state index in [1.807, 2.05) is 48.9 Å². The van der Waals surface area contributed by atoms with Gasteiger partial charge in [-0.3, -0.25) is 10.00 Å². The van der Waals surface area contributed by atoms with Crippen LogP contribution in [0.1, 0.15) is 25.0 Å². The van der Waals surface area contributed by atoms with E-state index in [-0.39, 0.29) is 0 Å². The second-order valence-electron chi connectivity index (χ2n) is 7.03. The Morgan fingerprint density at radius 2 is 1.72 bits per heavy atom. The van der Waals surface area contributed by atoms with Crippen molar-refractivity contribution in [2.45, 2.75) is 33.5 Å². The highest BCUT2D eigenvalue weighted by atomic mass is 32.1. The molecule has 0 unspecified atom stereocenters. The van der Waals surface area contributed by atoms with Gasteiger partial charge in [0.1, 0.15) is 0 Å². The zero-order valence-corrected chi connectivity index (χ0v) is 17.7. The van der Waals surface area contributed by atoms with Crippen molar-refractivity contribution in [3.05, 3.63) is 58.4 Å². The number of aromatic amines is 1. The molecule has 0 radical (unpaired) electrons. The second-order valence-corrected chi connectivity index (χ2v) is 7.39. The minimum atomic E-state index is 0.566. The number of nitrogens with one attached hydrogen (secondary N) is 1. The van der Waals surface area contributed by atoms with Crippen LogP contribution in [0.15, 0.2) is 42.5 Å². The molecule has 0 saturated carbocycles. The lowest BCUT2D eigenvalue weighted by Crippen LogP contribution is -2.32. The number of fused-ring (bicyclic) bond motifs is 1. The van der Waals surface area contributed by atoms with Crippen molar-refractivity contribution in [3.63, 3.8) is 0 Å². The van der Waals surface area contributed by atoms with Crippen molar-refractivity contribution in [1.29, 1.82) is 0 Å². The van der Waals surface area contributed by atoms with Gasteiger partial charge in [0.05, 0.1) is 19.9 Å². The number of aromatic nitrogens is 3. The molecule has 2 aromatic carbocycles. The predicted molar refractivity (Wildman–Crippen MR) is 116 cm³/mol. The van der Waals surface area contributed by atoms with E-state index in [0.717, 1.165) is 42.4 Å². The fraction of sp³-hybridized carbons (Fsp3) is 0.364. The van der Waals surface area contributed by atoms with Crippen LogP contribution in [0.5, 0.6) is 11.5 Å². The molecule has 1 aliphatic heterocycles. The first-order valence-corrected chi connectivity index (χ1v) is 10.4. The standard InChI is InChI=1S/C22H26N4O2S/c1-3-27-19-12-17-10-11-25(14-18(17)13-20(19)28-4-2)15-26-22(29)23-21(24-26)16-8-6-5-7-9-16/h5-9,12-13H,3-4,10-11,14-15H2,1-2H3,(H,23,24,29). The van der Waals surface area contributed by atoms with Gasteiger partial charge in [-0.1, -0.05) is 30.3 Å². The molecule has 3 aromatic rings. The van der Waals surface area contributed by atoms with Crippen molar-refractivity contribution in [3.8, 4) is 22.9 Å². The van der Waals surface area contributed by atoms with Crippen LogP contribution in [0.3, 0.4) is 0 Å². The molecule has 0 amide bonds. The molecule has 0 atom stereocenters. The van der Waals surface area contributed by atoms with Crippen LogP contribution < -0.4 is 9.47 Å². The van der Waals surface area contributed by atoms with Gasteiger partial charge in [0.2, 0.25) is 4.77 Å². The Labute approximate surface area is 176 Å². The molecule has 29 heavy (non-hydrogen) atoms. The summed E-state index contributed by atoms with van der Waals surface area (Å²) < 4.78 is 14.1. The summed E-state index contributed by atoms with van der Waals surface area (Å²) in [6.45, 7) is 7.70. The van der Waals surface area contributed by atoms with Crippen molar-refractivity contribution in [2.24, 2.45) is 0 Å². The van der Waals surface area contributed by atoms with Crippen LogP contribution in [0.4, 0.5) is 0 Å². The molecule has 1 aromatic heterocycles. The van der Waals surface area contributed by atoms with Crippen LogP contribution in [-0.4, -0.2) is 39.4 Å². The normalized spacial score (nSPS) is 13.9. The van der Waals surface area contributed by atoms with E-state index in [1.165, 1.54) is 11.1 Å². The van der Waals surface area contributed by atoms with E-state index >= 15 is 0 Å². The van der Waals surface area contributed by atoms with E-state index in [0.29, 0.717) is 24.7 Å². The van der Waals surface area contributed by atoms with Crippen LogP contribution in [-0.2, 0) is 19.6 Å². The fourth-order valence-electron chi connectivity index (χ4n) is 3.66. The molecule has 0 aliphatic carbocycles. The number of H-pyrrole nitrogens is 1. The summed E-state index contributed by atoms with van der Waals surface area (Å²) in [5.41, 5.74) is 3.63. The number of nitrogens with zero attached hydrogens (tertiary/aromatic N) is 3. The van der Waals surface area contributed by atoms with Crippen LogP contribution in [0.2, 0.25) is 0 Å². The molecule has 0 fully saturated rings. The topological polar surface area (TPSA) is 55.3 Å². The second kappa shape index (κ2) is 8.80. The highest BCUT2D eigenvalue weighted by molar-refractivity contribution is 7.71. The summed E-state index contributed by atoms with van der Waals surface area (Å²) in [7, 11) is 0. The molecule has 152 valence electrons. The van der Waals surface area contributed by atoms with E-state index in [4.69, 9.17) is 21.7 Å². The van der Waals surface area contributed by atoms with E-state index in [2.05, 4.69) is 27.1 Å². The van der Waals surface area contributed by atoms with Crippen molar-refractivity contribution < 1.29 is 9.47 Å². The summed E-state index contributed by atoms with van der Waals surface area (Å²) >= 11 is 5.48. The first-order valence-electron chi connectivity index (χ1n) is 10.0. The Bertz CT molecular complexity index is 1030. The predicted octanol–water partition coefficient (Wildman–Crippen LogP) is 4.42. The quantitative estimate of drug-likeness (QED) is 0.585. The van der Waals surface area contributed by atoms with Gasteiger partial charge in [-0.2, -0.15) is 4.98 Å². The van der Waals surface area contributed by atoms with Gasteiger partial charge in [0, 0.05) is 18.7 Å². The van der Waals surface area contributed by atoms with Crippen molar-refractivity contribution >= 4 is 12.2 Å². The van der Waals surface area contributed by atoms with Gasteiger partial charge in [-0.15, -0.1) is 0 Å². The number of rotatable bonds is 7. The van der Waals surface area contributed by atoms with Gasteiger partial charge >= 0.3 is 0 Å². The summed E-state index contributed by atoms with van der Waals surface area (Å²) in [4.78, 5) is 6.88. The molecular weight excluding hydrogens is 384 g/mol. The third-order valence-corrected chi connectivity index (χ3v) is 5.34. The molecule has 4 rings (SSSR count). The lowest BCUT2D eigenvalue weighted by atomic mass is 9.99. The van der Waals surface area contributed by atoms with Crippen LogP contribution in [0, 0.1) is 4.77 Å². The van der Waals surface area contributed by atoms with E-state index in [1.54, 1.807) is 0 Å². The van der Waals surface area contributed by atoms with E-state index < -0.39 is 0 Å². The van der Waals surface area contributed by atoms with Crippen molar-refractivity contribution in [2.75, 3.05) is 19.8 Å². The van der Waals surface area contributed by atoms with Gasteiger partial charge in [-0.05, 0) is 55.7 Å². The smallest absolute Gasteiger partial charge is 0.217 e. The van der Waals surface area contributed by atoms with Crippen molar-refractivity contribution in [1.82, 2.24) is 19.7 Å². The minimum Gasteiger partial charge on any atom is -0.490 e. The summed E-state index contributed by atoms with van der Waals surface area (Å²) in [6.07, 6.45) is 0.967. The Hall–Kier alpha value is -2.64. The number of benzene rings is 2. The SMILES string of the molecule is CCOc1cc2c(cc1OCC)CN(Cn1[nH]c(-c3ccccc3)nc1=S)CC2. The molecule has 1 N–H and O–H groups in total. The molecule has 2 heterocycles. The number of hydrogen-bond acceptors (Lipinski definition) is 5. The first kappa shape index (κ1) is 19.7. The molecule has 0 saturated heterocycles. The third kappa shape index (κ3) is 4.36. The lowest BCUT2D eigenvalue weighted by Gasteiger charge is -2.29. The molecule has 6 nitrogen and oxygen atoms in total. The van der Waals surface area contributed by atoms with Gasteiger partial charge in [-0.25, -0.2) is 4.68 Å². The maximum absolute atomic E-state index is 5.80. The zero-order chi connectivity index (χ0) is 20.2. The van der Waals surface area contributed by atoms with Gasteiger partial charge in [0.15, 0.2) is 17.3 Å². The average Bonchev–Trinajstić information content (AvgIpc) is 3.10. The van der Waals surface area contributed by atoms with Gasteiger partial charge < -0.3 is 9.47 Å². The fourth-order valence-corrected chi connectivity index (χ4v) is 3.85. The molecule has 1 aliphatic rings. The minimum absolute atomic E-state index is 0.566. The summed E-state index contributed by atoms with van der Waals surface area (Å²) in [5.74, 6) is 2.46. The van der Waals surface area contributed by atoms with Crippen LogP contribution in [0.25, 0.3) is 11.4 Å².